The molecule has 0 N–H and O–H groups in total. The molecule has 1 saturated carbocycles. The normalized spacial score (nSPS) is 17.9. The van der Waals surface area contributed by atoms with Crippen molar-refractivity contribution >= 4 is 11.7 Å². The van der Waals surface area contributed by atoms with Gasteiger partial charge in [0.15, 0.2) is 0 Å². The van der Waals surface area contributed by atoms with Crippen molar-refractivity contribution < 1.29 is 14.4 Å². The molecule has 80 valence electrons. The summed E-state index contributed by atoms with van der Waals surface area (Å²) in [6.07, 6.45) is 3.17. The fraction of sp³-hybridized carbons (Fsp3) is 0.800. The molecule has 0 aromatic heterocycles. The molecule has 1 aliphatic rings. The average Bonchev–Trinajstić information content (AvgIpc) is 2.08. The minimum atomic E-state index is -0.385. The first-order chi connectivity index (χ1) is 6.58. The van der Waals surface area contributed by atoms with Gasteiger partial charge < -0.3 is 9.57 Å². The number of oxime groups is 1. The van der Waals surface area contributed by atoms with Crippen molar-refractivity contribution in [2.24, 2.45) is 5.16 Å². The minimum Gasteiger partial charge on any atom is -0.469 e. The lowest BCUT2D eigenvalue weighted by molar-refractivity contribution is -0.157. The molecular weight excluding hydrogens is 182 g/mol. The Bertz CT molecular complexity index is 240. The van der Waals surface area contributed by atoms with Crippen LogP contribution in [-0.4, -0.2) is 24.4 Å². The molecule has 4 nitrogen and oxygen atoms in total. The fourth-order valence-corrected chi connectivity index (χ4v) is 1.39. The molecule has 0 unspecified atom stereocenters. The Kier molecular flexibility index (Phi) is 3.49. The second-order valence-corrected chi connectivity index (χ2v) is 3.92. The molecule has 1 rings (SSSR count). The highest BCUT2D eigenvalue weighted by Gasteiger charge is 2.42. The van der Waals surface area contributed by atoms with E-state index in [9.17, 15) is 4.79 Å². The van der Waals surface area contributed by atoms with Crippen molar-refractivity contribution in [1.82, 2.24) is 0 Å². The molecule has 4 heteroatoms. The van der Waals surface area contributed by atoms with Gasteiger partial charge in [-0.1, -0.05) is 5.16 Å². The van der Waals surface area contributed by atoms with E-state index in [2.05, 4.69) is 9.89 Å². The smallest absolute Gasteiger partial charge is 0.309 e. The van der Waals surface area contributed by atoms with E-state index in [1.54, 1.807) is 0 Å². The maximum absolute atomic E-state index is 11.1. The quantitative estimate of drug-likeness (QED) is 0.394. The minimum absolute atomic E-state index is 0.228. The maximum atomic E-state index is 11.1. The van der Waals surface area contributed by atoms with E-state index in [0.717, 1.165) is 25.0 Å². The summed E-state index contributed by atoms with van der Waals surface area (Å²) >= 11 is 0. The molecule has 14 heavy (non-hydrogen) atoms. The van der Waals surface area contributed by atoms with Gasteiger partial charge in [0.25, 0.3) is 0 Å². The van der Waals surface area contributed by atoms with Crippen molar-refractivity contribution in [1.29, 1.82) is 0 Å². The molecule has 0 aromatic carbocycles. The Balaban J connectivity index is 2.49. The SMILES string of the molecule is COC(=O)CC1(ON=C(C)C)CCC1. The van der Waals surface area contributed by atoms with Gasteiger partial charge in [-0.3, -0.25) is 4.79 Å². The van der Waals surface area contributed by atoms with Gasteiger partial charge >= 0.3 is 5.97 Å². The number of ether oxygens (including phenoxy) is 1. The Labute approximate surface area is 84.3 Å². The zero-order valence-corrected chi connectivity index (χ0v) is 9.00. The largest absolute Gasteiger partial charge is 0.469 e. The van der Waals surface area contributed by atoms with Crippen LogP contribution in [0, 0.1) is 0 Å². The third-order valence-corrected chi connectivity index (χ3v) is 2.38. The summed E-state index contributed by atoms with van der Waals surface area (Å²) < 4.78 is 4.62. The van der Waals surface area contributed by atoms with E-state index >= 15 is 0 Å². The van der Waals surface area contributed by atoms with Gasteiger partial charge in [0, 0.05) is 0 Å². The topological polar surface area (TPSA) is 47.9 Å². The van der Waals surface area contributed by atoms with Crippen molar-refractivity contribution in [3.8, 4) is 0 Å². The van der Waals surface area contributed by atoms with Gasteiger partial charge in [-0.2, -0.15) is 0 Å². The van der Waals surface area contributed by atoms with Crippen LogP contribution in [0.25, 0.3) is 0 Å². The highest BCUT2D eigenvalue weighted by Crippen LogP contribution is 2.39. The molecule has 1 fully saturated rings. The lowest BCUT2D eigenvalue weighted by atomic mass is 9.78. The summed E-state index contributed by atoms with van der Waals surface area (Å²) in [5.41, 5.74) is 0.478. The van der Waals surface area contributed by atoms with E-state index in [-0.39, 0.29) is 11.6 Å². The Hall–Kier alpha value is -1.06. The van der Waals surface area contributed by atoms with E-state index in [0.29, 0.717) is 6.42 Å². The lowest BCUT2D eigenvalue weighted by Crippen LogP contribution is -2.41. The summed E-state index contributed by atoms with van der Waals surface area (Å²) in [7, 11) is 1.39. The Morgan fingerprint density at radius 1 is 1.43 bits per heavy atom. The number of hydrogen-bond donors (Lipinski definition) is 0. The van der Waals surface area contributed by atoms with Crippen molar-refractivity contribution in [3.63, 3.8) is 0 Å². The van der Waals surface area contributed by atoms with Gasteiger partial charge in [0.1, 0.15) is 5.60 Å². The highest BCUT2D eigenvalue weighted by molar-refractivity contribution is 5.78. The van der Waals surface area contributed by atoms with Gasteiger partial charge in [-0.15, -0.1) is 0 Å². The van der Waals surface area contributed by atoms with Gasteiger partial charge in [0.2, 0.25) is 0 Å². The Morgan fingerprint density at radius 2 is 2.07 bits per heavy atom. The van der Waals surface area contributed by atoms with Crippen molar-refractivity contribution in [2.45, 2.75) is 45.1 Å². The first-order valence-corrected chi connectivity index (χ1v) is 4.84. The maximum Gasteiger partial charge on any atom is 0.309 e. The number of carbonyl (C=O) groups is 1. The van der Waals surface area contributed by atoms with Gasteiger partial charge in [-0.05, 0) is 33.1 Å². The fourth-order valence-electron chi connectivity index (χ4n) is 1.39. The van der Waals surface area contributed by atoms with Crippen LogP contribution in [0.15, 0.2) is 5.16 Å². The van der Waals surface area contributed by atoms with E-state index in [4.69, 9.17) is 4.84 Å². The molecule has 0 spiro atoms. The summed E-state index contributed by atoms with van der Waals surface area (Å²) in [5.74, 6) is -0.228. The molecule has 0 radical (unpaired) electrons. The van der Waals surface area contributed by atoms with Crippen LogP contribution >= 0.6 is 0 Å². The first-order valence-electron chi connectivity index (χ1n) is 4.84. The standard InChI is InChI=1S/C10H17NO3/c1-8(2)11-14-10(5-4-6-10)7-9(12)13-3/h4-7H2,1-3H3. The number of rotatable bonds is 4. The van der Waals surface area contributed by atoms with Crippen LogP contribution in [0.5, 0.6) is 0 Å². The summed E-state index contributed by atoms with van der Waals surface area (Å²) in [6, 6.07) is 0. The predicted molar refractivity (Wildman–Crippen MR) is 53.1 cm³/mol. The summed E-state index contributed by atoms with van der Waals surface area (Å²) in [6.45, 7) is 3.73. The third kappa shape index (κ3) is 2.72. The molecule has 0 amide bonds. The summed E-state index contributed by atoms with van der Waals surface area (Å²) in [4.78, 5) is 16.5. The number of methoxy groups -OCH3 is 1. The number of esters is 1. The first kappa shape index (κ1) is 11.0. The molecule has 0 atom stereocenters. The van der Waals surface area contributed by atoms with E-state index < -0.39 is 0 Å². The second kappa shape index (κ2) is 4.44. The van der Waals surface area contributed by atoms with Crippen LogP contribution < -0.4 is 0 Å². The Morgan fingerprint density at radius 3 is 2.43 bits per heavy atom. The van der Waals surface area contributed by atoms with Crippen LogP contribution in [-0.2, 0) is 14.4 Å². The average molecular weight is 199 g/mol. The molecular formula is C10H17NO3. The number of hydrogen-bond acceptors (Lipinski definition) is 4. The van der Waals surface area contributed by atoms with Crippen LogP contribution in [0.4, 0.5) is 0 Å². The zero-order chi connectivity index (χ0) is 10.6. The molecule has 0 bridgehead atoms. The molecule has 0 heterocycles. The lowest BCUT2D eigenvalue weighted by Gasteiger charge is -2.38. The zero-order valence-electron chi connectivity index (χ0n) is 9.00. The highest BCUT2D eigenvalue weighted by atomic mass is 16.7. The predicted octanol–water partition coefficient (Wildman–Crippen LogP) is 1.88. The van der Waals surface area contributed by atoms with E-state index in [1.807, 2.05) is 13.8 Å². The number of nitrogens with zero attached hydrogens (tertiary/aromatic N) is 1. The van der Waals surface area contributed by atoms with Gasteiger partial charge in [-0.25, -0.2) is 0 Å². The second-order valence-electron chi connectivity index (χ2n) is 3.92. The molecule has 0 aliphatic heterocycles. The summed E-state index contributed by atoms with van der Waals surface area (Å²) in [5, 5.41) is 3.91. The molecule has 0 saturated heterocycles. The van der Waals surface area contributed by atoms with Crippen LogP contribution in [0.1, 0.15) is 39.5 Å². The van der Waals surface area contributed by atoms with E-state index in [1.165, 1.54) is 7.11 Å². The third-order valence-electron chi connectivity index (χ3n) is 2.38. The van der Waals surface area contributed by atoms with Crippen LogP contribution in [0.3, 0.4) is 0 Å². The van der Waals surface area contributed by atoms with Crippen molar-refractivity contribution in [2.75, 3.05) is 7.11 Å². The molecule has 1 aliphatic carbocycles. The van der Waals surface area contributed by atoms with Crippen LogP contribution in [0.2, 0.25) is 0 Å². The number of carbonyl (C=O) groups excluding carboxylic acids is 1. The molecule has 0 aromatic rings. The van der Waals surface area contributed by atoms with Crippen molar-refractivity contribution in [3.05, 3.63) is 0 Å². The van der Waals surface area contributed by atoms with Gasteiger partial charge in [0.05, 0.1) is 19.2 Å². The monoisotopic (exact) mass is 199 g/mol.